The van der Waals surface area contributed by atoms with Crippen molar-refractivity contribution in [1.82, 2.24) is 5.32 Å². The maximum absolute atomic E-state index is 11.9. The Hall–Kier alpha value is -0.970. The molecule has 1 N–H and O–H groups in total. The van der Waals surface area contributed by atoms with Crippen LogP contribution in [0.4, 0.5) is 0 Å². The third-order valence-corrected chi connectivity index (χ3v) is 5.11. The van der Waals surface area contributed by atoms with Gasteiger partial charge in [0.1, 0.15) is 9.75 Å². The number of nitrogens with one attached hydrogen (secondary N) is 1. The predicted octanol–water partition coefficient (Wildman–Crippen LogP) is 3.64. The first-order valence-corrected chi connectivity index (χ1v) is 7.89. The molecule has 120 valence electrons. The number of esters is 1. The fraction of sp³-hybridized carbons (Fsp3) is 0.467. The highest BCUT2D eigenvalue weighted by atomic mass is 35.5. The van der Waals surface area contributed by atoms with E-state index in [1.54, 1.807) is 25.1 Å². The minimum atomic E-state index is -1.10. The van der Waals surface area contributed by atoms with Gasteiger partial charge < -0.3 is 10.1 Å². The van der Waals surface area contributed by atoms with Gasteiger partial charge in [0.25, 0.3) is 5.91 Å². The molecular formula is C15H16Cl3NO3. The highest BCUT2D eigenvalue weighted by Crippen LogP contribution is 2.64. The minimum absolute atomic E-state index is 0.249. The van der Waals surface area contributed by atoms with Gasteiger partial charge in [0, 0.05) is 11.4 Å². The average Bonchev–Trinajstić information content (AvgIpc) is 2.96. The number of hydrogen-bond acceptors (Lipinski definition) is 3. The summed E-state index contributed by atoms with van der Waals surface area (Å²) in [4.78, 5) is 23.7. The molecule has 4 nitrogen and oxygen atoms in total. The highest BCUT2D eigenvalue weighted by Gasteiger charge is 2.69. The van der Waals surface area contributed by atoms with Crippen LogP contribution in [0.3, 0.4) is 0 Å². The number of halogens is 3. The number of carbonyl (C=O) groups is 2. The van der Waals surface area contributed by atoms with Gasteiger partial charge in [0.2, 0.25) is 0 Å². The van der Waals surface area contributed by atoms with Crippen molar-refractivity contribution in [1.29, 1.82) is 0 Å². The molecule has 0 unspecified atom stereocenters. The van der Waals surface area contributed by atoms with Gasteiger partial charge >= 0.3 is 5.97 Å². The van der Waals surface area contributed by atoms with Crippen molar-refractivity contribution in [2.75, 3.05) is 6.61 Å². The van der Waals surface area contributed by atoms with E-state index in [0.29, 0.717) is 11.4 Å². The zero-order valence-electron chi connectivity index (χ0n) is 12.2. The molecule has 1 aromatic rings. The summed E-state index contributed by atoms with van der Waals surface area (Å²) in [7, 11) is 0. The van der Waals surface area contributed by atoms with Crippen molar-refractivity contribution in [3.05, 3.63) is 34.9 Å². The van der Waals surface area contributed by atoms with Crippen LogP contribution >= 0.6 is 34.8 Å². The number of alkyl halides is 2. The number of rotatable bonds is 5. The molecule has 0 aliphatic heterocycles. The summed E-state index contributed by atoms with van der Waals surface area (Å²) in [5.74, 6) is -0.970. The van der Waals surface area contributed by atoms with Gasteiger partial charge in [0.05, 0.1) is 6.04 Å². The Balaban J connectivity index is 1.82. The SMILES string of the molecule is C[C@H](NC(=O)COC(=O)[C@@]1(C)CC1(Cl)Cl)c1cccc(Cl)c1. The van der Waals surface area contributed by atoms with Crippen LogP contribution < -0.4 is 5.32 Å². The lowest BCUT2D eigenvalue weighted by atomic mass is 10.1. The van der Waals surface area contributed by atoms with E-state index in [9.17, 15) is 9.59 Å². The van der Waals surface area contributed by atoms with E-state index < -0.39 is 21.6 Å². The lowest BCUT2D eigenvalue weighted by Gasteiger charge is -2.16. The van der Waals surface area contributed by atoms with E-state index in [4.69, 9.17) is 39.5 Å². The maximum atomic E-state index is 11.9. The molecule has 1 aliphatic carbocycles. The van der Waals surface area contributed by atoms with Crippen molar-refractivity contribution in [3.63, 3.8) is 0 Å². The van der Waals surface area contributed by atoms with E-state index >= 15 is 0 Å². The Labute approximate surface area is 144 Å². The number of amides is 1. The Bertz CT molecular complexity index is 605. The van der Waals surface area contributed by atoms with Crippen LogP contribution in [0, 0.1) is 5.41 Å². The fourth-order valence-electron chi connectivity index (χ4n) is 2.05. The molecule has 0 heterocycles. The van der Waals surface area contributed by atoms with Crippen LogP contribution in [0.5, 0.6) is 0 Å². The Morgan fingerprint density at radius 1 is 1.41 bits per heavy atom. The first kappa shape index (κ1) is 17.4. The summed E-state index contributed by atoms with van der Waals surface area (Å²) in [5, 5.41) is 3.32. The molecule has 0 bridgehead atoms. The summed E-state index contributed by atoms with van der Waals surface area (Å²) < 4.78 is 3.88. The van der Waals surface area contributed by atoms with Crippen LogP contribution in [0.2, 0.25) is 5.02 Å². The monoisotopic (exact) mass is 363 g/mol. The molecule has 0 saturated heterocycles. The summed E-state index contributed by atoms with van der Waals surface area (Å²) in [6, 6.07) is 6.92. The lowest BCUT2D eigenvalue weighted by molar-refractivity contribution is -0.153. The minimum Gasteiger partial charge on any atom is -0.455 e. The van der Waals surface area contributed by atoms with E-state index in [1.165, 1.54) is 0 Å². The normalized spacial score (nSPS) is 23.5. The van der Waals surface area contributed by atoms with Crippen LogP contribution in [0.1, 0.15) is 31.9 Å². The molecular weight excluding hydrogens is 349 g/mol. The van der Waals surface area contributed by atoms with Crippen molar-refractivity contribution in [2.24, 2.45) is 5.41 Å². The third-order valence-electron chi connectivity index (χ3n) is 3.77. The second kappa shape index (κ2) is 6.26. The average molecular weight is 365 g/mol. The van der Waals surface area contributed by atoms with E-state index in [-0.39, 0.29) is 12.6 Å². The van der Waals surface area contributed by atoms with Crippen LogP contribution in [-0.2, 0) is 14.3 Å². The number of ether oxygens (including phenoxy) is 1. The quantitative estimate of drug-likeness (QED) is 0.641. The summed E-state index contributed by atoms with van der Waals surface area (Å²) in [5.41, 5.74) is -0.0727. The topological polar surface area (TPSA) is 55.4 Å². The molecule has 1 aliphatic rings. The Morgan fingerprint density at radius 3 is 2.59 bits per heavy atom. The van der Waals surface area contributed by atoms with Crippen LogP contribution in [0.25, 0.3) is 0 Å². The predicted molar refractivity (Wildman–Crippen MR) is 86.1 cm³/mol. The largest absolute Gasteiger partial charge is 0.455 e. The molecule has 2 rings (SSSR count). The summed E-state index contributed by atoms with van der Waals surface area (Å²) in [6.07, 6.45) is 0.322. The Kier molecular flexibility index (Phi) is 4.95. The maximum Gasteiger partial charge on any atom is 0.315 e. The van der Waals surface area contributed by atoms with Crippen molar-refractivity contribution in [3.8, 4) is 0 Å². The zero-order valence-corrected chi connectivity index (χ0v) is 14.4. The van der Waals surface area contributed by atoms with Gasteiger partial charge in [-0.1, -0.05) is 23.7 Å². The first-order valence-electron chi connectivity index (χ1n) is 6.75. The van der Waals surface area contributed by atoms with E-state index in [0.717, 1.165) is 5.56 Å². The van der Waals surface area contributed by atoms with Gasteiger partial charge in [-0.2, -0.15) is 0 Å². The molecule has 1 fully saturated rings. The van der Waals surface area contributed by atoms with Gasteiger partial charge in [0.15, 0.2) is 6.61 Å². The second-order valence-corrected chi connectivity index (χ2v) is 7.55. The molecule has 0 spiro atoms. The second-order valence-electron chi connectivity index (χ2n) is 5.63. The van der Waals surface area contributed by atoms with Gasteiger partial charge in [-0.25, -0.2) is 0 Å². The molecule has 7 heteroatoms. The number of carbonyl (C=O) groups excluding carboxylic acids is 2. The molecule has 22 heavy (non-hydrogen) atoms. The van der Waals surface area contributed by atoms with Gasteiger partial charge in [-0.05, 0) is 31.5 Å². The Morgan fingerprint density at radius 2 is 2.05 bits per heavy atom. The van der Waals surface area contributed by atoms with E-state index in [1.807, 2.05) is 13.0 Å². The standard InChI is InChI=1S/C15H16Cl3NO3/c1-9(10-4-3-5-11(16)6-10)19-12(20)7-22-13(21)14(2)8-15(14,17)18/h3-6,9H,7-8H2,1-2H3,(H,19,20)/t9-,14+/m0/s1. The number of hydrogen-bond donors (Lipinski definition) is 1. The molecule has 0 aromatic heterocycles. The molecule has 0 radical (unpaired) electrons. The summed E-state index contributed by atoms with van der Waals surface area (Å²) >= 11 is 17.7. The summed E-state index contributed by atoms with van der Waals surface area (Å²) in [6.45, 7) is 3.06. The zero-order chi connectivity index (χ0) is 16.5. The van der Waals surface area contributed by atoms with E-state index in [2.05, 4.69) is 5.32 Å². The van der Waals surface area contributed by atoms with Crippen molar-refractivity contribution < 1.29 is 14.3 Å². The van der Waals surface area contributed by atoms with Crippen molar-refractivity contribution >= 4 is 46.7 Å². The molecule has 2 atom stereocenters. The molecule has 1 amide bonds. The van der Waals surface area contributed by atoms with Crippen LogP contribution in [0.15, 0.2) is 24.3 Å². The fourth-order valence-corrected chi connectivity index (χ4v) is 2.94. The first-order chi connectivity index (χ1) is 10.2. The number of benzene rings is 1. The van der Waals surface area contributed by atoms with Gasteiger partial charge in [-0.3, -0.25) is 9.59 Å². The lowest BCUT2D eigenvalue weighted by Crippen LogP contribution is -2.33. The third kappa shape index (κ3) is 3.67. The van der Waals surface area contributed by atoms with Gasteiger partial charge in [-0.15, -0.1) is 23.2 Å². The van der Waals surface area contributed by atoms with Crippen LogP contribution in [-0.4, -0.2) is 22.8 Å². The smallest absolute Gasteiger partial charge is 0.315 e. The highest BCUT2D eigenvalue weighted by molar-refractivity contribution is 6.53. The molecule has 1 aromatic carbocycles. The molecule has 1 saturated carbocycles. The van der Waals surface area contributed by atoms with Crippen molar-refractivity contribution in [2.45, 2.75) is 30.6 Å².